The number of imidazole rings is 4. The molecular formula is C120H146N14O3S3. The largest absolute Gasteiger partial charge is 0.449 e. The highest BCUT2D eigenvalue weighted by molar-refractivity contribution is 7.15. The summed E-state index contributed by atoms with van der Waals surface area (Å²) in [5.41, 5.74) is 14.0. The van der Waals surface area contributed by atoms with Crippen LogP contribution >= 0.6 is 34.0 Å². The number of hydrogen-bond donors (Lipinski definition) is 2. The number of aryl methyl sites for hydroxylation is 2. The van der Waals surface area contributed by atoms with E-state index in [1.165, 1.54) is 69.2 Å². The van der Waals surface area contributed by atoms with Crippen molar-refractivity contribution in [3.05, 3.63) is 395 Å². The number of fused-ring (bicyclic) bond motifs is 4. The lowest BCUT2D eigenvalue weighted by molar-refractivity contribution is 0.471. The Morgan fingerprint density at radius 2 is 0.900 bits per heavy atom. The Kier molecular flexibility index (Phi) is 45.1. The van der Waals surface area contributed by atoms with E-state index in [1.54, 1.807) is 65.1 Å². The van der Waals surface area contributed by atoms with Gasteiger partial charge in [0, 0.05) is 138 Å². The molecule has 20 heteroatoms. The van der Waals surface area contributed by atoms with Crippen molar-refractivity contribution in [3.8, 4) is 44.3 Å². The fourth-order valence-corrected chi connectivity index (χ4v) is 16.4. The molecule has 0 saturated carbocycles. The molecule has 140 heavy (non-hydrogen) atoms. The molecule has 17 nitrogen and oxygen atoms in total. The summed E-state index contributed by atoms with van der Waals surface area (Å²) in [5.74, 6) is 13.6. The number of nitrogens with one attached hydrogen (secondary N) is 2. The third kappa shape index (κ3) is 35.2. The van der Waals surface area contributed by atoms with Gasteiger partial charge < -0.3 is 32.4 Å². The number of oxazole rings is 3. The molecular weight excluding hydrogens is 1780 g/mol. The molecule has 0 spiro atoms. The summed E-state index contributed by atoms with van der Waals surface area (Å²) in [6.45, 7) is 51.4. The molecule has 0 saturated heterocycles. The van der Waals surface area contributed by atoms with Crippen LogP contribution in [0.4, 0.5) is 0 Å². The van der Waals surface area contributed by atoms with E-state index in [1.807, 2.05) is 183 Å². The number of H-pyrrole nitrogens is 2. The lowest BCUT2D eigenvalue weighted by Gasteiger charge is -2.08. The number of benzene rings is 10. The van der Waals surface area contributed by atoms with E-state index in [9.17, 15) is 0 Å². The van der Waals surface area contributed by atoms with E-state index in [-0.39, 0.29) is 0 Å². The van der Waals surface area contributed by atoms with Crippen LogP contribution in [0.2, 0.25) is 0 Å². The first-order chi connectivity index (χ1) is 67.2. The topological polar surface area (TPSA) is 210 Å². The Bertz CT molecular complexity index is 6290. The molecule has 0 atom stereocenters. The van der Waals surface area contributed by atoms with Crippen LogP contribution in [-0.4, -0.2) is 68.9 Å². The maximum Gasteiger partial charge on any atom is 0.197 e. The Labute approximate surface area is 844 Å². The molecule has 0 aliphatic carbocycles. The maximum atomic E-state index is 5.62. The van der Waals surface area contributed by atoms with Crippen molar-refractivity contribution < 1.29 is 13.3 Å². The van der Waals surface area contributed by atoms with Gasteiger partial charge in [-0.15, -0.1) is 34.0 Å². The Morgan fingerprint density at radius 1 is 0.343 bits per heavy atom. The molecule has 0 unspecified atom stereocenters. The van der Waals surface area contributed by atoms with Crippen LogP contribution in [0.1, 0.15) is 304 Å². The van der Waals surface area contributed by atoms with Crippen molar-refractivity contribution in [1.82, 2.24) is 68.9 Å². The highest BCUT2D eigenvalue weighted by Crippen LogP contribution is 2.33. The normalized spacial score (nSPS) is 10.8. The fraction of sp³-hybridized carbons (Fsp3) is 0.317. The van der Waals surface area contributed by atoms with Gasteiger partial charge in [-0.1, -0.05) is 397 Å². The molecule has 732 valence electrons. The SMILES string of the molecule is CC(C)c1ccc2ccccc2c1.CC(C)c1cccc2ccccc12.CC(C)c1nc(-c2ccccc2)co1.CC(C)c1nc(-c2ccccc2)cs1.CC(C)c1nc2ccccc2[nH]1.CC(C)c1nc2ccccc2n1C.CC(C)c1ncc(-c2ccccc2)o1.CC(C)c1ncc(-c2ccccc2)s1.CC(C)c1ncc[nH]1.CC(C)c1nccn1C.CC(C)c1ncco1.CC(C)c1nccs1. The van der Waals surface area contributed by atoms with Crippen LogP contribution < -0.4 is 0 Å². The van der Waals surface area contributed by atoms with Crippen LogP contribution in [0.3, 0.4) is 0 Å². The highest BCUT2D eigenvalue weighted by atomic mass is 32.1. The lowest BCUT2D eigenvalue weighted by atomic mass is 9.96. The predicted molar refractivity (Wildman–Crippen MR) is 593 cm³/mol. The second-order valence-corrected chi connectivity index (χ2v) is 40.4. The molecule has 10 aromatic heterocycles. The van der Waals surface area contributed by atoms with Crippen molar-refractivity contribution in [2.24, 2.45) is 14.1 Å². The molecule has 2 N–H and O–H groups in total. The molecule has 10 aromatic carbocycles. The van der Waals surface area contributed by atoms with Crippen molar-refractivity contribution in [2.45, 2.75) is 237 Å². The van der Waals surface area contributed by atoms with Crippen molar-refractivity contribution in [2.75, 3.05) is 0 Å². The van der Waals surface area contributed by atoms with E-state index in [0.29, 0.717) is 71.0 Å². The van der Waals surface area contributed by atoms with E-state index >= 15 is 0 Å². The Balaban J connectivity index is 0.000000172. The zero-order chi connectivity index (χ0) is 101. The van der Waals surface area contributed by atoms with Gasteiger partial charge >= 0.3 is 0 Å². The smallest absolute Gasteiger partial charge is 0.197 e. The van der Waals surface area contributed by atoms with Gasteiger partial charge in [0.05, 0.1) is 60.1 Å². The predicted octanol–water partition coefficient (Wildman–Crippen LogP) is 35.2. The van der Waals surface area contributed by atoms with E-state index in [4.69, 9.17) is 13.3 Å². The number of rotatable bonds is 16. The Morgan fingerprint density at radius 3 is 1.37 bits per heavy atom. The number of hydrogen-bond acceptors (Lipinski definition) is 16. The number of thiazole rings is 3. The van der Waals surface area contributed by atoms with Crippen molar-refractivity contribution in [3.63, 3.8) is 0 Å². The molecule has 0 amide bonds. The highest BCUT2D eigenvalue weighted by Gasteiger charge is 2.15. The number of aromatic amines is 2. The van der Waals surface area contributed by atoms with Crippen LogP contribution in [-0.2, 0) is 14.1 Å². The number of para-hydroxylation sites is 4. The number of aromatic nitrogens is 14. The summed E-state index contributed by atoms with van der Waals surface area (Å²) in [5, 5.41) is 13.2. The molecule has 20 aromatic rings. The summed E-state index contributed by atoms with van der Waals surface area (Å²) in [4.78, 5) is 50.6. The monoisotopic (exact) mass is 1930 g/mol. The molecule has 0 bridgehead atoms. The van der Waals surface area contributed by atoms with Gasteiger partial charge in [-0.3, -0.25) is 0 Å². The average Bonchev–Trinajstić information content (AvgIpc) is 1.64. The summed E-state index contributed by atoms with van der Waals surface area (Å²) < 4.78 is 20.2. The quantitative estimate of drug-likeness (QED) is 0.0923. The molecule has 0 fully saturated rings. The van der Waals surface area contributed by atoms with Gasteiger partial charge in [-0.2, -0.15) is 0 Å². The van der Waals surface area contributed by atoms with Crippen molar-refractivity contribution >= 4 is 77.6 Å². The summed E-state index contributed by atoms with van der Waals surface area (Å²) in [7, 11) is 4.09. The third-order valence-corrected chi connectivity index (χ3v) is 25.4. The zero-order valence-electron chi connectivity index (χ0n) is 86.9. The van der Waals surface area contributed by atoms with Crippen molar-refractivity contribution in [1.29, 1.82) is 0 Å². The first kappa shape index (κ1) is 110. The fourth-order valence-electron chi connectivity index (χ4n) is 14.0. The van der Waals surface area contributed by atoms with Crippen LogP contribution in [0, 0.1) is 0 Å². The second kappa shape index (κ2) is 57.2. The molecule has 0 aliphatic heterocycles. The molecule has 0 aliphatic rings. The van der Waals surface area contributed by atoms with E-state index < -0.39 is 0 Å². The van der Waals surface area contributed by atoms with Gasteiger partial charge in [0.15, 0.2) is 23.4 Å². The first-order valence-corrected chi connectivity index (χ1v) is 51.4. The van der Waals surface area contributed by atoms with Gasteiger partial charge in [0.1, 0.15) is 41.5 Å². The maximum absolute atomic E-state index is 5.62. The first-order valence-electron chi connectivity index (χ1n) is 48.9. The van der Waals surface area contributed by atoms with Crippen LogP contribution in [0.5, 0.6) is 0 Å². The zero-order valence-corrected chi connectivity index (χ0v) is 89.4. The average molecular weight is 1930 g/mol. The minimum atomic E-state index is 0.340. The summed E-state index contributed by atoms with van der Waals surface area (Å²) in [6.07, 6.45) is 18.0. The lowest BCUT2D eigenvalue weighted by Crippen LogP contribution is -1.99. The summed E-state index contributed by atoms with van der Waals surface area (Å²) >= 11 is 5.24. The Hall–Kier alpha value is -13.4. The van der Waals surface area contributed by atoms with Gasteiger partial charge in [0.2, 0.25) is 0 Å². The molecule has 0 radical (unpaired) electrons. The number of nitrogens with zero attached hydrogens (tertiary/aromatic N) is 12. The standard InChI is InChI=1S/2C13H14.2C12H13NO.2C12H13NS.C11H14N2.C10H12N2.C7H12N2.C6H10N2.C6H9NO.C6H9NS/c1-10(2)12-9-5-7-11-6-3-4-8-13(11)12;1-10(2)12-8-7-11-5-3-4-6-13(11)9-12;1-9(2)12-13-11(8-14-12)10-6-4-3-5-7-10;1-9(2)12-13-8-11(14-12)10-6-4-3-5-7-10;1-9(2)12-13-11(8-14-12)10-6-4-3-5-7-10;1-9(2)12-13-8-11(14-12)10-6-4-3-5-7-10;1-8(2)11-12-9-6-4-5-7-10(9)13(11)3;1-7(2)10-11-8-5-3-4-6-9(8)12-10;1-6(2)7-8-4-5-9(7)3;3*1-5(2)6-7-3-4-8-6/h2*3-10H,1-2H3;4*3-9H,1-2H3;4-8H,1-3H3;3-7H,1-2H3,(H,11,12);4-6H,1-3H3;3-5H,1-2H3,(H,7,8);2*3-5H,1-2H3. The van der Waals surface area contributed by atoms with E-state index in [0.717, 1.165) is 85.8 Å². The third-order valence-electron chi connectivity index (χ3n) is 21.8. The summed E-state index contributed by atoms with van der Waals surface area (Å²) in [6, 6.07) is 87.4. The minimum Gasteiger partial charge on any atom is -0.449 e. The van der Waals surface area contributed by atoms with Crippen LogP contribution in [0.15, 0.2) is 341 Å². The van der Waals surface area contributed by atoms with Gasteiger partial charge in [-0.05, 0) is 74.3 Å². The van der Waals surface area contributed by atoms with E-state index in [2.05, 4.69) is 363 Å². The minimum absolute atomic E-state index is 0.340. The van der Waals surface area contributed by atoms with Gasteiger partial charge in [-0.25, -0.2) is 49.8 Å². The molecule has 10 heterocycles. The second-order valence-electron chi connectivity index (χ2n) is 37.5. The van der Waals surface area contributed by atoms with Gasteiger partial charge in [0.25, 0.3) is 0 Å². The van der Waals surface area contributed by atoms with Crippen LogP contribution in [0.25, 0.3) is 87.9 Å². The molecule has 20 rings (SSSR count).